The molecule has 1 heterocycles. The van der Waals surface area contributed by atoms with Gasteiger partial charge in [-0.1, -0.05) is 23.4 Å². The number of ether oxygens (including phenoxy) is 2. The third kappa shape index (κ3) is 6.07. The summed E-state index contributed by atoms with van der Waals surface area (Å²) >= 11 is 0. The maximum atomic E-state index is 5.73. The van der Waals surface area contributed by atoms with Gasteiger partial charge in [-0.3, -0.25) is 4.90 Å². The van der Waals surface area contributed by atoms with Crippen LogP contribution in [-0.4, -0.2) is 43.8 Å². The predicted molar refractivity (Wildman–Crippen MR) is 125 cm³/mol. The first-order chi connectivity index (χ1) is 15.2. The summed E-state index contributed by atoms with van der Waals surface area (Å²) in [4.78, 5) is 12.6. The molecule has 0 spiro atoms. The monoisotopic (exact) mass is 423 g/mol. The maximum absolute atomic E-state index is 5.73. The average molecular weight is 424 g/mol. The molecular formula is C25H33N3O3. The van der Waals surface area contributed by atoms with Gasteiger partial charge in [0.2, 0.25) is 0 Å². The average Bonchev–Trinajstić information content (AvgIpc) is 3.28. The molecule has 0 N–H and O–H groups in total. The van der Waals surface area contributed by atoms with Gasteiger partial charge in [-0.25, -0.2) is 4.99 Å². The number of nitrogens with zero attached hydrogens (tertiary/aromatic N) is 3. The van der Waals surface area contributed by atoms with Crippen molar-refractivity contribution >= 4 is 12.6 Å². The van der Waals surface area contributed by atoms with E-state index in [1.165, 1.54) is 42.6 Å². The summed E-state index contributed by atoms with van der Waals surface area (Å²) in [7, 11) is 0. The van der Waals surface area contributed by atoms with Crippen LogP contribution >= 0.6 is 0 Å². The highest BCUT2D eigenvalue weighted by atomic mass is 16.6. The molecule has 2 aromatic carbocycles. The minimum absolute atomic E-state index is 0.406. The van der Waals surface area contributed by atoms with E-state index in [1.807, 2.05) is 32.0 Å². The van der Waals surface area contributed by atoms with Gasteiger partial charge in [-0.15, -0.1) is 0 Å². The molecule has 0 aliphatic carbocycles. The molecule has 1 aliphatic rings. The molecule has 0 bridgehead atoms. The standard InChI is InChI=1S/C25H33N3O3/c1-5-29-23-13-12-20(16-24(23)30-6-2)25(31-26-4)27-17-21-10-9-11-22(19(21)3)18-28-14-7-8-15-28/h9-13,16H,4-8,14-15,17-18H2,1-3H3. The van der Waals surface area contributed by atoms with Crippen LogP contribution in [0.1, 0.15) is 48.9 Å². The van der Waals surface area contributed by atoms with Crippen LogP contribution in [0.3, 0.4) is 0 Å². The van der Waals surface area contributed by atoms with Gasteiger partial charge in [-0.05, 0) is 81.6 Å². The van der Waals surface area contributed by atoms with E-state index in [0.29, 0.717) is 37.2 Å². The Hall–Kier alpha value is -2.86. The molecule has 0 atom stereocenters. The smallest absolute Gasteiger partial charge is 0.251 e. The minimum Gasteiger partial charge on any atom is -0.490 e. The number of oxime groups is 1. The Morgan fingerprint density at radius 1 is 1.00 bits per heavy atom. The fourth-order valence-corrected chi connectivity index (χ4v) is 3.84. The maximum Gasteiger partial charge on any atom is 0.251 e. The predicted octanol–water partition coefficient (Wildman–Crippen LogP) is 4.97. The number of likely N-dealkylation sites (tertiary alicyclic amines) is 1. The van der Waals surface area contributed by atoms with E-state index in [2.05, 4.69) is 41.9 Å². The van der Waals surface area contributed by atoms with Crippen LogP contribution in [0.15, 0.2) is 46.5 Å². The van der Waals surface area contributed by atoms with E-state index >= 15 is 0 Å². The number of benzene rings is 2. The lowest BCUT2D eigenvalue weighted by Crippen LogP contribution is -2.19. The Morgan fingerprint density at radius 3 is 2.42 bits per heavy atom. The third-order valence-electron chi connectivity index (χ3n) is 5.49. The van der Waals surface area contributed by atoms with Gasteiger partial charge in [0.05, 0.1) is 19.8 Å². The molecule has 0 unspecified atom stereocenters. The highest BCUT2D eigenvalue weighted by Crippen LogP contribution is 2.29. The molecule has 3 rings (SSSR count). The van der Waals surface area contributed by atoms with Crippen molar-refractivity contribution in [1.82, 2.24) is 4.90 Å². The van der Waals surface area contributed by atoms with Crippen molar-refractivity contribution in [2.24, 2.45) is 10.1 Å². The second-order valence-corrected chi connectivity index (χ2v) is 7.55. The first kappa shape index (κ1) is 22.8. The summed E-state index contributed by atoms with van der Waals surface area (Å²) in [5.74, 6) is 1.76. The normalized spacial score (nSPS) is 14.5. The van der Waals surface area contributed by atoms with Crippen LogP contribution in [0.5, 0.6) is 11.5 Å². The summed E-state index contributed by atoms with van der Waals surface area (Å²) in [6, 6.07) is 12.1. The lowest BCUT2D eigenvalue weighted by atomic mass is 10.0. The molecule has 1 fully saturated rings. The lowest BCUT2D eigenvalue weighted by Gasteiger charge is -2.17. The molecule has 6 heteroatoms. The molecule has 1 aliphatic heterocycles. The molecule has 0 saturated carbocycles. The van der Waals surface area contributed by atoms with Gasteiger partial charge >= 0.3 is 0 Å². The van der Waals surface area contributed by atoms with Crippen LogP contribution in [0.2, 0.25) is 0 Å². The summed E-state index contributed by atoms with van der Waals surface area (Å²) in [5.41, 5.74) is 4.59. The van der Waals surface area contributed by atoms with Crippen LogP contribution in [0, 0.1) is 6.92 Å². The fourth-order valence-electron chi connectivity index (χ4n) is 3.84. The topological polar surface area (TPSA) is 55.7 Å². The SMILES string of the molecule is C=NOC(=NCc1cccc(CN2CCCC2)c1C)c1ccc(OCC)c(OCC)c1. The summed E-state index contributed by atoms with van der Waals surface area (Å²) in [6.07, 6.45) is 2.59. The van der Waals surface area contributed by atoms with Gasteiger partial charge in [0.25, 0.3) is 5.90 Å². The molecule has 6 nitrogen and oxygen atoms in total. The fraction of sp³-hybridized carbons (Fsp3) is 0.440. The van der Waals surface area contributed by atoms with Crippen molar-refractivity contribution in [3.63, 3.8) is 0 Å². The van der Waals surface area contributed by atoms with Gasteiger partial charge in [0.15, 0.2) is 11.5 Å². The van der Waals surface area contributed by atoms with E-state index < -0.39 is 0 Å². The van der Waals surface area contributed by atoms with Crippen LogP contribution < -0.4 is 9.47 Å². The number of hydrogen-bond acceptors (Lipinski definition) is 6. The largest absolute Gasteiger partial charge is 0.490 e. The second kappa shape index (κ2) is 11.5. The van der Waals surface area contributed by atoms with Crippen molar-refractivity contribution in [3.05, 3.63) is 58.7 Å². The van der Waals surface area contributed by atoms with E-state index in [4.69, 9.17) is 19.3 Å². The molecule has 2 aromatic rings. The first-order valence-corrected chi connectivity index (χ1v) is 11.0. The Kier molecular flexibility index (Phi) is 8.47. The van der Waals surface area contributed by atoms with Crippen LogP contribution in [0.25, 0.3) is 0 Å². The molecule has 0 amide bonds. The van der Waals surface area contributed by atoms with E-state index in [0.717, 1.165) is 12.1 Å². The third-order valence-corrected chi connectivity index (χ3v) is 5.49. The molecule has 166 valence electrons. The highest BCUT2D eigenvalue weighted by molar-refractivity contribution is 5.94. The first-order valence-electron chi connectivity index (χ1n) is 11.0. The quantitative estimate of drug-likeness (QED) is 0.308. The zero-order chi connectivity index (χ0) is 22.1. The zero-order valence-electron chi connectivity index (χ0n) is 18.9. The van der Waals surface area contributed by atoms with Crippen molar-refractivity contribution < 1.29 is 14.3 Å². The Balaban J connectivity index is 1.83. The Bertz CT molecular complexity index is 905. The van der Waals surface area contributed by atoms with Crippen molar-refractivity contribution in [2.75, 3.05) is 26.3 Å². The van der Waals surface area contributed by atoms with Crippen LogP contribution in [-0.2, 0) is 17.9 Å². The van der Waals surface area contributed by atoms with Gasteiger partial charge in [0, 0.05) is 18.8 Å². The van der Waals surface area contributed by atoms with Crippen molar-refractivity contribution in [1.29, 1.82) is 0 Å². The molecule has 31 heavy (non-hydrogen) atoms. The summed E-state index contributed by atoms with van der Waals surface area (Å²) < 4.78 is 11.4. The van der Waals surface area contributed by atoms with E-state index in [-0.39, 0.29) is 0 Å². The Morgan fingerprint density at radius 2 is 1.71 bits per heavy atom. The lowest BCUT2D eigenvalue weighted by molar-refractivity contribution is 0.287. The Labute approximate surface area is 185 Å². The molecule has 0 aromatic heterocycles. The van der Waals surface area contributed by atoms with Crippen molar-refractivity contribution in [3.8, 4) is 11.5 Å². The molecular weight excluding hydrogens is 390 g/mol. The van der Waals surface area contributed by atoms with Crippen molar-refractivity contribution in [2.45, 2.75) is 46.7 Å². The molecule has 0 radical (unpaired) electrons. The van der Waals surface area contributed by atoms with E-state index in [1.54, 1.807) is 0 Å². The van der Waals surface area contributed by atoms with E-state index in [9.17, 15) is 0 Å². The van der Waals surface area contributed by atoms with Gasteiger partial charge in [-0.2, -0.15) is 0 Å². The number of hydrogen-bond donors (Lipinski definition) is 0. The molecule has 1 saturated heterocycles. The second-order valence-electron chi connectivity index (χ2n) is 7.55. The number of rotatable bonds is 10. The zero-order valence-corrected chi connectivity index (χ0v) is 18.9. The highest BCUT2D eigenvalue weighted by Gasteiger charge is 2.15. The van der Waals surface area contributed by atoms with Gasteiger partial charge in [0.1, 0.15) is 0 Å². The van der Waals surface area contributed by atoms with Crippen LogP contribution in [0.4, 0.5) is 0 Å². The summed E-state index contributed by atoms with van der Waals surface area (Å²) in [5, 5.41) is 3.61. The van der Waals surface area contributed by atoms with Gasteiger partial charge < -0.3 is 14.3 Å². The number of aliphatic imine (C=N–C) groups is 1. The minimum atomic E-state index is 0.406. The summed E-state index contributed by atoms with van der Waals surface area (Å²) in [6.45, 7) is 14.5.